The summed E-state index contributed by atoms with van der Waals surface area (Å²) < 4.78 is 13.4. The van der Waals surface area contributed by atoms with Gasteiger partial charge in [-0.15, -0.1) is 0 Å². The summed E-state index contributed by atoms with van der Waals surface area (Å²) in [5.74, 6) is -0.212. The maximum absolute atomic E-state index is 13.4. The standard InChI is InChI=1S/C15H16FNO/c1-12-7-8-15(16)14(9-12)10-17-18-11-13-5-3-2-4-6-13/h2-9,17H,10-11H2,1H3. The average molecular weight is 245 g/mol. The van der Waals surface area contributed by atoms with Crippen LogP contribution in [0, 0.1) is 12.7 Å². The highest BCUT2D eigenvalue weighted by molar-refractivity contribution is 5.23. The molecule has 0 atom stereocenters. The second kappa shape index (κ2) is 6.28. The van der Waals surface area contributed by atoms with Gasteiger partial charge in [-0.1, -0.05) is 48.0 Å². The first-order chi connectivity index (χ1) is 8.75. The molecule has 0 aromatic heterocycles. The second-order valence-corrected chi connectivity index (χ2v) is 4.19. The molecule has 18 heavy (non-hydrogen) atoms. The molecule has 94 valence electrons. The van der Waals surface area contributed by atoms with Crippen molar-refractivity contribution in [2.45, 2.75) is 20.1 Å². The van der Waals surface area contributed by atoms with E-state index in [1.165, 1.54) is 6.07 Å². The predicted octanol–water partition coefficient (Wildman–Crippen LogP) is 3.36. The van der Waals surface area contributed by atoms with E-state index >= 15 is 0 Å². The number of rotatable bonds is 5. The Morgan fingerprint density at radius 1 is 1.11 bits per heavy atom. The number of aryl methyl sites for hydroxylation is 1. The molecule has 1 N–H and O–H groups in total. The van der Waals surface area contributed by atoms with E-state index in [9.17, 15) is 4.39 Å². The third-order valence-corrected chi connectivity index (χ3v) is 2.65. The number of benzene rings is 2. The van der Waals surface area contributed by atoms with Crippen molar-refractivity contribution in [2.75, 3.05) is 0 Å². The van der Waals surface area contributed by atoms with Gasteiger partial charge in [-0.05, 0) is 18.6 Å². The van der Waals surface area contributed by atoms with Crippen molar-refractivity contribution in [2.24, 2.45) is 0 Å². The summed E-state index contributed by atoms with van der Waals surface area (Å²) in [5.41, 5.74) is 5.51. The molecule has 2 aromatic carbocycles. The van der Waals surface area contributed by atoms with Gasteiger partial charge in [0.15, 0.2) is 0 Å². The van der Waals surface area contributed by atoms with E-state index < -0.39 is 0 Å². The molecule has 2 rings (SSSR count). The lowest BCUT2D eigenvalue weighted by Gasteiger charge is -2.07. The van der Waals surface area contributed by atoms with Gasteiger partial charge in [-0.3, -0.25) is 4.84 Å². The smallest absolute Gasteiger partial charge is 0.127 e. The molecule has 0 bridgehead atoms. The van der Waals surface area contributed by atoms with E-state index in [0.717, 1.165) is 11.1 Å². The van der Waals surface area contributed by atoms with Gasteiger partial charge in [0.25, 0.3) is 0 Å². The molecule has 0 saturated carbocycles. The first-order valence-electron chi connectivity index (χ1n) is 5.89. The minimum Gasteiger partial charge on any atom is -0.297 e. The van der Waals surface area contributed by atoms with Gasteiger partial charge in [0.1, 0.15) is 5.82 Å². The van der Waals surface area contributed by atoms with Gasteiger partial charge in [-0.2, -0.15) is 5.48 Å². The lowest BCUT2D eigenvalue weighted by molar-refractivity contribution is 0.0229. The highest BCUT2D eigenvalue weighted by Gasteiger charge is 2.01. The Morgan fingerprint density at radius 3 is 2.67 bits per heavy atom. The van der Waals surface area contributed by atoms with Crippen molar-refractivity contribution in [3.8, 4) is 0 Å². The first-order valence-corrected chi connectivity index (χ1v) is 5.89. The van der Waals surface area contributed by atoms with E-state index in [4.69, 9.17) is 4.84 Å². The summed E-state index contributed by atoms with van der Waals surface area (Å²) in [7, 11) is 0. The molecule has 2 nitrogen and oxygen atoms in total. The summed E-state index contributed by atoms with van der Waals surface area (Å²) >= 11 is 0. The topological polar surface area (TPSA) is 21.3 Å². The molecule has 0 saturated heterocycles. The molecule has 0 aliphatic rings. The molecule has 0 radical (unpaired) electrons. The highest BCUT2D eigenvalue weighted by atomic mass is 19.1. The minimum atomic E-state index is -0.212. The Balaban J connectivity index is 1.80. The van der Waals surface area contributed by atoms with E-state index in [2.05, 4.69) is 5.48 Å². The number of hydrogen-bond donors (Lipinski definition) is 1. The molecule has 0 fully saturated rings. The fourth-order valence-electron chi connectivity index (χ4n) is 1.68. The number of nitrogens with one attached hydrogen (secondary N) is 1. The van der Waals surface area contributed by atoms with Crippen LogP contribution in [0.5, 0.6) is 0 Å². The van der Waals surface area contributed by atoms with Crippen molar-refractivity contribution >= 4 is 0 Å². The van der Waals surface area contributed by atoms with Crippen LogP contribution in [-0.2, 0) is 18.0 Å². The van der Waals surface area contributed by atoms with Gasteiger partial charge in [0.2, 0.25) is 0 Å². The molecule has 0 aliphatic heterocycles. The normalized spacial score (nSPS) is 10.6. The summed E-state index contributed by atoms with van der Waals surface area (Å²) in [6.45, 7) is 2.77. The zero-order valence-electron chi connectivity index (χ0n) is 10.3. The number of hydrogen-bond acceptors (Lipinski definition) is 2. The Morgan fingerprint density at radius 2 is 1.89 bits per heavy atom. The van der Waals surface area contributed by atoms with Crippen LogP contribution in [0.1, 0.15) is 16.7 Å². The SMILES string of the molecule is Cc1ccc(F)c(CNOCc2ccccc2)c1. The van der Waals surface area contributed by atoms with E-state index in [0.29, 0.717) is 18.7 Å². The lowest BCUT2D eigenvalue weighted by Crippen LogP contribution is -2.15. The lowest BCUT2D eigenvalue weighted by atomic mass is 10.1. The Hall–Kier alpha value is -1.71. The average Bonchev–Trinajstić information content (AvgIpc) is 2.40. The molecule has 3 heteroatoms. The van der Waals surface area contributed by atoms with E-state index in [1.807, 2.05) is 43.3 Å². The molecular weight excluding hydrogens is 229 g/mol. The first kappa shape index (κ1) is 12.7. The fraction of sp³-hybridized carbons (Fsp3) is 0.200. The van der Waals surface area contributed by atoms with Crippen LogP contribution in [0.3, 0.4) is 0 Å². The third-order valence-electron chi connectivity index (χ3n) is 2.65. The van der Waals surface area contributed by atoms with E-state index in [1.54, 1.807) is 6.07 Å². The van der Waals surface area contributed by atoms with Crippen LogP contribution in [-0.4, -0.2) is 0 Å². The van der Waals surface area contributed by atoms with E-state index in [-0.39, 0.29) is 5.82 Å². The molecule has 0 amide bonds. The van der Waals surface area contributed by atoms with Crippen LogP contribution < -0.4 is 5.48 Å². The summed E-state index contributed by atoms with van der Waals surface area (Å²) in [4.78, 5) is 5.30. The summed E-state index contributed by atoms with van der Waals surface area (Å²) in [6.07, 6.45) is 0. The van der Waals surface area contributed by atoms with Crippen LogP contribution in [0.2, 0.25) is 0 Å². The monoisotopic (exact) mass is 245 g/mol. The molecule has 0 heterocycles. The van der Waals surface area contributed by atoms with Crippen LogP contribution in [0.4, 0.5) is 4.39 Å². The number of halogens is 1. The Kier molecular flexibility index (Phi) is 4.45. The number of hydroxylamine groups is 1. The predicted molar refractivity (Wildman–Crippen MR) is 69.2 cm³/mol. The Bertz CT molecular complexity index is 499. The van der Waals surface area contributed by atoms with Gasteiger partial charge in [-0.25, -0.2) is 4.39 Å². The van der Waals surface area contributed by atoms with Crippen molar-refractivity contribution < 1.29 is 9.23 Å². The molecule has 0 unspecified atom stereocenters. The zero-order valence-corrected chi connectivity index (χ0v) is 10.3. The highest BCUT2D eigenvalue weighted by Crippen LogP contribution is 2.09. The minimum absolute atomic E-state index is 0.212. The van der Waals surface area contributed by atoms with Gasteiger partial charge >= 0.3 is 0 Å². The maximum atomic E-state index is 13.4. The summed E-state index contributed by atoms with van der Waals surface area (Å²) in [6, 6.07) is 14.9. The zero-order chi connectivity index (χ0) is 12.8. The van der Waals surface area contributed by atoms with Crippen molar-refractivity contribution in [3.05, 3.63) is 71.0 Å². The molecular formula is C15H16FNO. The fourth-order valence-corrected chi connectivity index (χ4v) is 1.68. The van der Waals surface area contributed by atoms with Crippen molar-refractivity contribution in [1.82, 2.24) is 5.48 Å². The largest absolute Gasteiger partial charge is 0.297 e. The maximum Gasteiger partial charge on any atom is 0.127 e. The second-order valence-electron chi connectivity index (χ2n) is 4.19. The Labute approximate surface area is 106 Å². The van der Waals surface area contributed by atoms with Gasteiger partial charge in [0, 0.05) is 12.1 Å². The molecule has 0 aliphatic carbocycles. The quantitative estimate of drug-likeness (QED) is 0.644. The molecule has 0 spiro atoms. The van der Waals surface area contributed by atoms with Crippen LogP contribution in [0.25, 0.3) is 0 Å². The van der Waals surface area contributed by atoms with Crippen molar-refractivity contribution in [3.63, 3.8) is 0 Å². The van der Waals surface area contributed by atoms with Gasteiger partial charge < -0.3 is 0 Å². The molecule has 2 aromatic rings. The van der Waals surface area contributed by atoms with Crippen LogP contribution in [0.15, 0.2) is 48.5 Å². The van der Waals surface area contributed by atoms with Crippen molar-refractivity contribution in [1.29, 1.82) is 0 Å². The van der Waals surface area contributed by atoms with Crippen LogP contribution >= 0.6 is 0 Å². The van der Waals surface area contributed by atoms with Gasteiger partial charge in [0.05, 0.1) is 6.61 Å². The third kappa shape index (κ3) is 3.65. The summed E-state index contributed by atoms with van der Waals surface area (Å²) in [5, 5.41) is 0.